The first-order valence-electron chi connectivity index (χ1n) is 10.5. The predicted octanol–water partition coefficient (Wildman–Crippen LogP) is 2.47. The van der Waals surface area contributed by atoms with Crippen molar-refractivity contribution in [3.8, 4) is 0 Å². The number of hydrogen-bond donors (Lipinski definition) is 2. The lowest BCUT2D eigenvalue weighted by Crippen LogP contribution is -2.40. The van der Waals surface area contributed by atoms with E-state index >= 15 is 0 Å². The molecule has 1 aliphatic carbocycles. The number of hydrogen-bond acceptors (Lipinski definition) is 4. The van der Waals surface area contributed by atoms with Gasteiger partial charge in [-0.3, -0.25) is 9.59 Å². The summed E-state index contributed by atoms with van der Waals surface area (Å²) >= 11 is 0. The number of piperidine rings is 1. The van der Waals surface area contributed by atoms with Crippen LogP contribution in [0.4, 0.5) is 4.39 Å². The normalized spacial score (nSPS) is 26.6. The molecule has 2 atom stereocenters. The molecule has 3 heterocycles. The molecule has 6 nitrogen and oxygen atoms in total. The van der Waals surface area contributed by atoms with Gasteiger partial charge in [0.2, 0.25) is 11.9 Å². The third kappa shape index (κ3) is 3.37. The second-order valence-electron chi connectivity index (χ2n) is 8.55. The summed E-state index contributed by atoms with van der Waals surface area (Å²) in [4.78, 5) is 30.5. The average molecular weight is 409 g/mol. The van der Waals surface area contributed by atoms with Crippen LogP contribution in [0.1, 0.15) is 47.5 Å². The first kappa shape index (κ1) is 19.2. The Morgan fingerprint density at radius 1 is 1.17 bits per heavy atom. The minimum absolute atomic E-state index is 0.00851. The fourth-order valence-corrected chi connectivity index (χ4v) is 5.03. The van der Waals surface area contributed by atoms with E-state index in [1.165, 1.54) is 6.08 Å². The van der Waals surface area contributed by atoms with Crippen LogP contribution in [0, 0.1) is 5.92 Å². The average Bonchev–Trinajstić information content (AvgIpc) is 2.95. The highest BCUT2D eigenvalue weighted by atomic mass is 19.1. The van der Waals surface area contributed by atoms with Crippen LogP contribution in [0.25, 0.3) is 0 Å². The van der Waals surface area contributed by atoms with Crippen LogP contribution < -0.4 is 5.32 Å². The highest BCUT2D eigenvalue weighted by molar-refractivity contribution is 6.07. The molecule has 0 saturated carbocycles. The summed E-state index contributed by atoms with van der Waals surface area (Å²) in [5.74, 6) is -0.646. The lowest BCUT2D eigenvalue weighted by Gasteiger charge is -2.31. The Morgan fingerprint density at radius 2 is 1.90 bits per heavy atom. The van der Waals surface area contributed by atoms with E-state index in [2.05, 4.69) is 10.3 Å². The number of aliphatic imine (C=N–C) groups is 1. The lowest BCUT2D eigenvalue weighted by atomic mass is 9.75. The Bertz CT molecular complexity index is 987. The van der Waals surface area contributed by atoms with E-state index in [1.807, 2.05) is 24.3 Å². The number of allylic oxidation sites excluding steroid dienone is 2. The number of carbonyl (C=O) groups excluding carboxylic acids is 2. The summed E-state index contributed by atoms with van der Waals surface area (Å²) < 4.78 is 14.3. The summed E-state index contributed by atoms with van der Waals surface area (Å²) in [5.41, 5.74) is 3.69. The fourth-order valence-electron chi connectivity index (χ4n) is 5.03. The first-order chi connectivity index (χ1) is 14.5. The van der Waals surface area contributed by atoms with Gasteiger partial charge in [0, 0.05) is 48.5 Å². The number of nitrogens with zero attached hydrogens (tertiary/aromatic N) is 2. The molecule has 156 valence electrons. The van der Waals surface area contributed by atoms with Gasteiger partial charge < -0.3 is 15.3 Å². The van der Waals surface area contributed by atoms with E-state index in [0.717, 1.165) is 23.3 Å². The van der Waals surface area contributed by atoms with Crippen LogP contribution in [0.15, 0.2) is 52.2 Å². The Morgan fingerprint density at radius 3 is 2.63 bits per heavy atom. The first-order valence-corrected chi connectivity index (χ1v) is 10.5. The summed E-state index contributed by atoms with van der Waals surface area (Å²) in [6.07, 6.45) is 3.68. The molecule has 4 aliphatic rings. The van der Waals surface area contributed by atoms with Crippen molar-refractivity contribution in [1.29, 1.82) is 0 Å². The highest BCUT2D eigenvalue weighted by Gasteiger charge is 2.38. The smallest absolute Gasteiger partial charge is 0.253 e. The molecule has 0 aromatic heterocycles. The number of halogens is 1. The lowest BCUT2D eigenvalue weighted by molar-refractivity contribution is -0.116. The van der Waals surface area contributed by atoms with E-state index in [4.69, 9.17) is 0 Å². The number of rotatable bonds is 2. The number of benzene rings is 1. The largest absolute Gasteiger partial charge is 0.393 e. The molecule has 1 saturated heterocycles. The van der Waals surface area contributed by atoms with E-state index in [0.29, 0.717) is 50.0 Å². The van der Waals surface area contributed by atoms with Gasteiger partial charge in [-0.1, -0.05) is 12.1 Å². The molecular weight excluding hydrogens is 385 g/mol. The second kappa shape index (κ2) is 7.47. The molecule has 0 bridgehead atoms. The van der Waals surface area contributed by atoms with Crippen LogP contribution in [-0.4, -0.2) is 53.5 Å². The summed E-state index contributed by atoms with van der Waals surface area (Å²) in [6.45, 7) is 1.64. The zero-order valence-electron chi connectivity index (χ0n) is 16.6. The van der Waals surface area contributed by atoms with Crippen molar-refractivity contribution in [2.45, 2.75) is 37.7 Å². The summed E-state index contributed by atoms with van der Waals surface area (Å²) in [5, 5.41) is 12.5. The Balaban J connectivity index is 1.34. The molecule has 2 amide bonds. The third-order valence-corrected chi connectivity index (χ3v) is 6.65. The number of likely N-dealkylation sites (tertiary alicyclic amines) is 1. The maximum atomic E-state index is 14.3. The Hall–Kier alpha value is -2.80. The van der Waals surface area contributed by atoms with Gasteiger partial charge in [-0.2, -0.15) is 4.39 Å². The number of aliphatic hydroxyl groups excluding tert-OH is 1. The zero-order valence-corrected chi connectivity index (χ0v) is 16.6. The van der Waals surface area contributed by atoms with Crippen LogP contribution in [-0.2, 0) is 4.79 Å². The molecule has 2 unspecified atom stereocenters. The van der Waals surface area contributed by atoms with Gasteiger partial charge in [-0.15, -0.1) is 0 Å². The van der Waals surface area contributed by atoms with Crippen LogP contribution in [0.3, 0.4) is 0 Å². The Labute approximate surface area is 174 Å². The number of nitrogens with one attached hydrogen (secondary N) is 1. The van der Waals surface area contributed by atoms with Gasteiger partial charge >= 0.3 is 0 Å². The van der Waals surface area contributed by atoms with Crippen molar-refractivity contribution in [2.75, 3.05) is 19.6 Å². The van der Waals surface area contributed by atoms with Crippen LogP contribution in [0.2, 0.25) is 0 Å². The SMILES string of the molecule is O=C1C=C2C(F)=NC3=C2C(CN1)CC(c1ccc(C(=O)N2CCC(O)CC2)cc1)C3. The van der Waals surface area contributed by atoms with Gasteiger partial charge in [0.05, 0.1) is 6.10 Å². The van der Waals surface area contributed by atoms with Gasteiger partial charge in [0.1, 0.15) is 0 Å². The fraction of sp³-hybridized carbons (Fsp3) is 0.435. The highest BCUT2D eigenvalue weighted by Crippen LogP contribution is 2.46. The minimum Gasteiger partial charge on any atom is -0.393 e. The van der Waals surface area contributed by atoms with Gasteiger partial charge in [-0.25, -0.2) is 4.99 Å². The van der Waals surface area contributed by atoms with E-state index in [-0.39, 0.29) is 29.8 Å². The third-order valence-electron chi connectivity index (χ3n) is 6.65. The molecule has 3 aliphatic heterocycles. The van der Waals surface area contributed by atoms with Crippen molar-refractivity contribution in [3.05, 3.63) is 58.3 Å². The second-order valence-corrected chi connectivity index (χ2v) is 8.55. The Kier molecular flexibility index (Phi) is 4.77. The van der Waals surface area contributed by atoms with E-state index in [9.17, 15) is 19.1 Å². The number of carbonyl (C=O) groups is 2. The van der Waals surface area contributed by atoms with Crippen molar-refractivity contribution in [2.24, 2.45) is 10.9 Å². The van der Waals surface area contributed by atoms with Gasteiger partial charge in [0.15, 0.2) is 0 Å². The molecule has 1 fully saturated rings. The molecule has 2 N–H and O–H groups in total. The quantitative estimate of drug-likeness (QED) is 0.787. The van der Waals surface area contributed by atoms with Crippen molar-refractivity contribution in [1.82, 2.24) is 10.2 Å². The standard InChI is InChI=1S/C23H24FN3O3/c24-22-18-11-20(29)25-12-16-9-15(10-19(26-22)21(16)18)13-1-3-14(4-2-13)23(30)27-7-5-17(28)6-8-27/h1-4,11,15-17,28H,5-10,12H2,(H,25,29). The molecule has 0 radical (unpaired) electrons. The number of amides is 2. The van der Waals surface area contributed by atoms with Crippen LogP contribution in [0.5, 0.6) is 0 Å². The molecule has 1 aromatic rings. The minimum atomic E-state index is -0.560. The van der Waals surface area contributed by atoms with Crippen molar-refractivity contribution in [3.63, 3.8) is 0 Å². The van der Waals surface area contributed by atoms with Crippen molar-refractivity contribution < 1.29 is 19.1 Å². The number of aliphatic hydroxyl groups is 1. The molecular formula is C23H24FN3O3. The predicted molar refractivity (Wildman–Crippen MR) is 110 cm³/mol. The van der Waals surface area contributed by atoms with Crippen LogP contribution >= 0.6 is 0 Å². The molecule has 5 rings (SSSR count). The van der Waals surface area contributed by atoms with E-state index < -0.39 is 5.97 Å². The zero-order chi connectivity index (χ0) is 20.8. The van der Waals surface area contributed by atoms with Gasteiger partial charge in [-0.05, 0) is 54.9 Å². The molecule has 1 aromatic carbocycles. The topological polar surface area (TPSA) is 82.0 Å². The summed E-state index contributed by atoms with van der Waals surface area (Å²) in [6, 6.07) is 7.66. The molecule has 0 spiro atoms. The van der Waals surface area contributed by atoms with Crippen molar-refractivity contribution >= 4 is 17.8 Å². The monoisotopic (exact) mass is 409 g/mol. The summed E-state index contributed by atoms with van der Waals surface area (Å²) in [7, 11) is 0. The maximum Gasteiger partial charge on any atom is 0.253 e. The van der Waals surface area contributed by atoms with E-state index in [1.54, 1.807) is 4.90 Å². The van der Waals surface area contributed by atoms with Gasteiger partial charge in [0.25, 0.3) is 5.91 Å². The maximum absolute atomic E-state index is 14.3. The molecule has 30 heavy (non-hydrogen) atoms. The molecule has 7 heteroatoms.